The van der Waals surface area contributed by atoms with Gasteiger partial charge in [0, 0.05) is 31.1 Å². The molecule has 29 heavy (non-hydrogen) atoms. The monoisotopic (exact) mass is 392 g/mol. The number of carboxylic acids is 1. The largest absolute Gasteiger partial charge is 0.478 e. The summed E-state index contributed by atoms with van der Waals surface area (Å²) >= 11 is 0. The van der Waals surface area contributed by atoms with Crippen LogP contribution in [0.1, 0.15) is 61.2 Å². The highest BCUT2D eigenvalue weighted by atomic mass is 16.4. The van der Waals surface area contributed by atoms with Crippen LogP contribution in [0, 0.1) is 5.92 Å². The summed E-state index contributed by atoms with van der Waals surface area (Å²) in [5.41, 5.74) is 2.59. The number of benzene rings is 1. The van der Waals surface area contributed by atoms with Crippen molar-refractivity contribution in [1.82, 2.24) is 19.7 Å². The van der Waals surface area contributed by atoms with Crippen molar-refractivity contribution < 1.29 is 9.90 Å². The molecule has 0 atom stereocenters. The van der Waals surface area contributed by atoms with Gasteiger partial charge in [-0.1, -0.05) is 45.0 Å². The highest BCUT2D eigenvalue weighted by Crippen LogP contribution is 2.22. The molecule has 0 bridgehead atoms. The van der Waals surface area contributed by atoms with Crippen molar-refractivity contribution in [2.75, 3.05) is 0 Å². The summed E-state index contributed by atoms with van der Waals surface area (Å²) in [6.45, 7) is 7.42. The molecule has 0 aliphatic carbocycles. The Labute approximate surface area is 171 Å². The molecule has 1 N–H and O–H groups in total. The Balaban J connectivity index is 1.80. The second-order valence-electron chi connectivity index (χ2n) is 7.68. The summed E-state index contributed by atoms with van der Waals surface area (Å²) in [7, 11) is 0. The summed E-state index contributed by atoms with van der Waals surface area (Å²) in [6.07, 6.45) is 5.30. The number of carbonyl (C=O) groups is 1. The summed E-state index contributed by atoms with van der Waals surface area (Å²) in [5.74, 6) is 1.55. The number of hydrogen-bond donors (Lipinski definition) is 1. The third kappa shape index (κ3) is 5.28. The maximum absolute atomic E-state index is 11.4. The standard InChI is InChI=1S/C23H28N4O2/c1-4-14-27-21(25-20(26-27)12-7-16(2)3)15-17-8-10-18(11-9-17)22-19(23(28)29)6-5-13-24-22/h5-6,8-11,13,16H,4,7,12,14-15H2,1-3H3,(H,28,29). The van der Waals surface area contributed by atoms with Gasteiger partial charge in [0.1, 0.15) is 5.82 Å². The van der Waals surface area contributed by atoms with Crippen LogP contribution in [0.15, 0.2) is 42.6 Å². The minimum absolute atomic E-state index is 0.206. The van der Waals surface area contributed by atoms with E-state index in [2.05, 4.69) is 25.8 Å². The molecule has 0 fully saturated rings. The fraction of sp³-hybridized carbons (Fsp3) is 0.391. The zero-order valence-corrected chi connectivity index (χ0v) is 17.3. The molecule has 0 spiro atoms. The number of pyridine rings is 1. The topological polar surface area (TPSA) is 80.9 Å². The van der Waals surface area contributed by atoms with Gasteiger partial charge in [0.25, 0.3) is 0 Å². The van der Waals surface area contributed by atoms with Gasteiger partial charge in [-0.2, -0.15) is 5.10 Å². The van der Waals surface area contributed by atoms with Gasteiger partial charge < -0.3 is 5.11 Å². The van der Waals surface area contributed by atoms with Crippen molar-refractivity contribution in [2.45, 2.75) is 53.0 Å². The van der Waals surface area contributed by atoms with E-state index in [1.54, 1.807) is 18.3 Å². The molecule has 2 heterocycles. The van der Waals surface area contributed by atoms with Crippen LogP contribution in [-0.2, 0) is 19.4 Å². The molecule has 0 saturated heterocycles. The zero-order chi connectivity index (χ0) is 20.8. The van der Waals surface area contributed by atoms with Gasteiger partial charge in [-0.05, 0) is 36.5 Å². The molecule has 6 heteroatoms. The number of rotatable bonds is 9. The number of carboxylic acid groups (broad SMARTS) is 1. The molecule has 0 aliphatic rings. The Bertz CT molecular complexity index is 961. The van der Waals surface area contributed by atoms with E-state index in [4.69, 9.17) is 10.1 Å². The van der Waals surface area contributed by atoms with E-state index < -0.39 is 5.97 Å². The highest BCUT2D eigenvalue weighted by molar-refractivity contribution is 5.94. The average Bonchev–Trinajstić information content (AvgIpc) is 3.08. The second kappa shape index (κ2) is 9.45. The number of hydrogen-bond acceptors (Lipinski definition) is 4. The highest BCUT2D eigenvalue weighted by Gasteiger charge is 2.14. The predicted molar refractivity (Wildman–Crippen MR) is 113 cm³/mol. The molecule has 0 amide bonds. The summed E-state index contributed by atoms with van der Waals surface area (Å²) in [6, 6.07) is 11.1. The maximum Gasteiger partial charge on any atom is 0.337 e. The molecule has 0 unspecified atom stereocenters. The van der Waals surface area contributed by atoms with Crippen molar-refractivity contribution in [2.24, 2.45) is 5.92 Å². The first-order valence-electron chi connectivity index (χ1n) is 10.2. The van der Waals surface area contributed by atoms with Gasteiger partial charge in [-0.25, -0.2) is 14.5 Å². The van der Waals surface area contributed by atoms with E-state index in [1.165, 1.54) is 0 Å². The molecule has 0 saturated carbocycles. The van der Waals surface area contributed by atoms with Gasteiger partial charge >= 0.3 is 5.97 Å². The normalized spacial score (nSPS) is 11.2. The van der Waals surface area contributed by atoms with Crippen LogP contribution in [-0.4, -0.2) is 30.8 Å². The lowest BCUT2D eigenvalue weighted by Crippen LogP contribution is -2.06. The average molecular weight is 393 g/mol. The van der Waals surface area contributed by atoms with Crippen molar-refractivity contribution >= 4 is 5.97 Å². The van der Waals surface area contributed by atoms with E-state index in [9.17, 15) is 9.90 Å². The van der Waals surface area contributed by atoms with Crippen molar-refractivity contribution in [3.63, 3.8) is 0 Å². The maximum atomic E-state index is 11.4. The van der Waals surface area contributed by atoms with Crippen LogP contribution in [0.4, 0.5) is 0 Å². The predicted octanol–water partition coefficient (Wildman–Crippen LogP) is 4.63. The van der Waals surface area contributed by atoms with E-state index in [0.717, 1.165) is 48.6 Å². The summed E-state index contributed by atoms with van der Waals surface area (Å²) in [4.78, 5) is 20.5. The van der Waals surface area contributed by atoms with E-state index in [-0.39, 0.29) is 5.56 Å². The van der Waals surface area contributed by atoms with Crippen LogP contribution in [0.2, 0.25) is 0 Å². The van der Waals surface area contributed by atoms with Crippen molar-refractivity contribution in [1.29, 1.82) is 0 Å². The van der Waals surface area contributed by atoms with Crippen LogP contribution >= 0.6 is 0 Å². The quantitative estimate of drug-likeness (QED) is 0.574. The Kier molecular flexibility index (Phi) is 6.75. The Morgan fingerprint density at radius 3 is 2.59 bits per heavy atom. The lowest BCUT2D eigenvalue weighted by atomic mass is 10.0. The molecule has 1 aromatic carbocycles. The Morgan fingerprint density at radius 1 is 1.17 bits per heavy atom. The van der Waals surface area contributed by atoms with Gasteiger partial charge in [0.15, 0.2) is 5.82 Å². The zero-order valence-electron chi connectivity index (χ0n) is 17.3. The molecule has 6 nitrogen and oxygen atoms in total. The molecule has 3 rings (SSSR count). The number of nitrogens with zero attached hydrogens (tertiary/aromatic N) is 4. The molecule has 152 valence electrons. The lowest BCUT2D eigenvalue weighted by molar-refractivity contribution is 0.0697. The fourth-order valence-corrected chi connectivity index (χ4v) is 3.24. The van der Waals surface area contributed by atoms with Gasteiger partial charge in [0.05, 0.1) is 11.3 Å². The SMILES string of the molecule is CCCn1nc(CCC(C)C)nc1Cc1ccc(-c2ncccc2C(=O)O)cc1. The minimum Gasteiger partial charge on any atom is -0.478 e. The molecular formula is C23H28N4O2. The Morgan fingerprint density at radius 2 is 1.93 bits per heavy atom. The Hall–Kier alpha value is -3.02. The van der Waals surface area contributed by atoms with Crippen LogP contribution in [0.25, 0.3) is 11.3 Å². The molecule has 2 aromatic heterocycles. The fourth-order valence-electron chi connectivity index (χ4n) is 3.24. The van der Waals surface area contributed by atoms with Crippen molar-refractivity contribution in [3.8, 4) is 11.3 Å². The first-order chi connectivity index (χ1) is 14.0. The van der Waals surface area contributed by atoms with Crippen LogP contribution in [0.5, 0.6) is 0 Å². The second-order valence-corrected chi connectivity index (χ2v) is 7.68. The van der Waals surface area contributed by atoms with Gasteiger partial charge in [-0.3, -0.25) is 4.98 Å². The smallest absolute Gasteiger partial charge is 0.337 e. The van der Waals surface area contributed by atoms with E-state index in [0.29, 0.717) is 18.0 Å². The first kappa shape index (κ1) is 20.7. The third-order valence-electron chi connectivity index (χ3n) is 4.80. The number of aromatic carboxylic acids is 1. The summed E-state index contributed by atoms with van der Waals surface area (Å²) < 4.78 is 2.02. The lowest BCUT2D eigenvalue weighted by Gasteiger charge is -2.07. The van der Waals surface area contributed by atoms with Gasteiger partial charge in [-0.15, -0.1) is 0 Å². The molecule has 0 radical (unpaired) electrons. The number of aryl methyl sites for hydroxylation is 2. The third-order valence-corrected chi connectivity index (χ3v) is 4.80. The first-order valence-corrected chi connectivity index (χ1v) is 10.2. The van der Waals surface area contributed by atoms with Crippen molar-refractivity contribution in [3.05, 3.63) is 65.4 Å². The van der Waals surface area contributed by atoms with E-state index >= 15 is 0 Å². The molecule has 3 aromatic rings. The summed E-state index contributed by atoms with van der Waals surface area (Å²) in [5, 5.41) is 14.1. The van der Waals surface area contributed by atoms with Crippen LogP contribution in [0.3, 0.4) is 0 Å². The van der Waals surface area contributed by atoms with Crippen LogP contribution < -0.4 is 0 Å². The number of aromatic nitrogens is 4. The molecular weight excluding hydrogens is 364 g/mol. The molecule has 0 aliphatic heterocycles. The van der Waals surface area contributed by atoms with Gasteiger partial charge in [0.2, 0.25) is 0 Å². The van der Waals surface area contributed by atoms with E-state index in [1.807, 2.05) is 28.9 Å². The minimum atomic E-state index is -0.973.